The first-order valence-corrected chi connectivity index (χ1v) is 9.04. The van der Waals surface area contributed by atoms with Crippen molar-refractivity contribution in [1.29, 1.82) is 0 Å². The Balaban J connectivity index is 1.79. The van der Waals surface area contributed by atoms with Gasteiger partial charge in [-0.1, -0.05) is 0 Å². The first-order chi connectivity index (χ1) is 10.4. The van der Waals surface area contributed by atoms with Gasteiger partial charge in [0.15, 0.2) is 0 Å². The number of nitrogens with zero attached hydrogens (tertiary/aromatic N) is 1. The Hall–Kier alpha value is -1.51. The molecular formula is C14H21N3O4S. The van der Waals surface area contributed by atoms with Crippen molar-refractivity contribution < 1.29 is 17.9 Å². The van der Waals surface area contributed by atoms with Crippen molar-refractivity contribution in [3.05, 3.63) is 30.1 Å². The van der Waals surface area contributed by atoms with E-state index in [-0.39, 0.29) is 30.8 Å². The number of nitrogens with one attached hydrogen (secondary N) is 2. The highest BCUT2D eigenvalue weighted by molar-refractivity contribution is 7.88. The molecular weight excluding hydrogens is 306 g/mol. The lowest BCUT2D eigenvalue weighted by Crippen LogP contribution is -2.41. The van der Waals surface area contributed by atoms with Crippen LogP contribution in [0, 0.1) is 5.92 Å². The van der Waals surface area contributed by atoms with Crippen molar-refractivity contribution in [2.24, 2.45) is 5.92 Å². The highest BCUT2D eigenvalue weighted by atomic mass is 32.2. The van der Waals surface area contributed by atoms with Crippen LogP contribution in [0.2, 0.25) is 0 Å². The Morgan fingerprint density at radius 3 is 2.77 bits per heavy atom. The van der Waals surface area contributed by atoms with Gasteiger partial charge in [-0.15, -0.1) is 0 Å². The van der Waals surface area contributed by atoms with E-state index in [1.165, 1.54) is 0 Å². The van der Waals surface area contributed by atoms with Crippen LogP contribution in [0.15, 0.2) is 24.5 Å². The molecule has 0 aliphatic carbocycles. The normalized spacial score (nSPS) is 21.7. The summed E-state index contributed by atoms with van der Waals surface area (Å²) in [6.45, 7) is 1.20. The van der Waals surface area contributed by atoms with Gasteiger partial charge >= 0.3 is 0 Å². The van der Waals surface area contributed by atoms with Crippen LogP contribution in [0.1, 0.15) is 12.0 Å². The summed E-state index contributed by atoms with van der Waals surface area (Å²) in [4.78, 5) is 15.9. The lowest BCUT2D eigenvalue weighted by atomic mass is 9.95. The number of carbonyl (C=O) groups is 1. The quantitative estimate of drug-likeness (QED) is 0.716. The SMILES string of the molecule is CS(=O)(=O)NCCC(=O)N[C@@H]1COC[C@H]1Cc1ccncc1. The van der Waals surface area contributed by atoms with E-state index in [4.69, 9.17) is 4.74 Å². The second-order valence-electron chi connectivity index (χ2n) is 5.45. The van der Waals surface area contributed by atoms with Crippen molar-refractivity contribution in [3.63, 3.8) is 0 Å². The van der Waals surface area contributed by atoms with Crippen LogP contribution in [-0.4, -0.2) is 51.4 Å². The van der Waals surface area contributed by atoms with E-state index < -0.39 is 10.0 Å². The van der Waals surface area contributed by atoms with Gasteiger partial charge in [-0.3, -0.25) is 9.78 Å². The monoisotopic (exact) mass is 327 g/mol. The molecule has 7 nitrogen and oxygen atoms in total. The molecule has 0 radical (unpaired) electrons. The second-order valence-corrected chi connectivity index (χ2v) is 7.28. The average molecular weight is 327 g/mol. The maximum atomic E-state index is 11.9. The summed E-state index contributed by atoms with van der Waals surface area (Å²) in [7, 11) is -3.26. The smallest absolute Gasteiger partial charge is 0.221 e. The van der Waals surface area contributed by atoms with Crippen molar-refractivity contribution in [2.75, 3.05) is 26.0 Å². The molecule has 1 aromatic rings. The van der Waals surface area contributed by atoms with Crippen molar-refractivity contribution in [3.8, 4) is 0 Å². The van der Waals surface area contributed by atoms with E-state index in [9.17, 15) is 13.2 Å². The predicted molar refractivity (Wildman–Crippen MR) is 81.6 cm³/mol. The van der Waals surface area contributed by atoms with Crippen molar-refractivity contribution >= 4 is 15.9 Å². The van der Waals surface area contributed by atoms with E-state index in [1.807, 2.05) is 12.1 Å². The summed E-state index contributed by atoms with van der Waals surface area (Å²) in [6, 6.07) is 3.86. The molecule has 1 aliphatic rings. The third-order valence-corrected chi connectivity index (χ3v) is 4.24. The molecule has 1 amide bonds. The molecule has 0 saturated carbocycles. The molecule has 2 rings (SSSR count). The van der Waals surface area contributed by atoms with Crippen molar-refractivity contribution in [1.82, 2.24) is 15.0 Å². The molecule has 1 saturated heterocycles. The predicted octanol–water partition coefficient (Wildman–Crippen LogP) is -0.305. The van der Waals surface area contributed by atoms with Crippen LogP contribution in [0.4, 0.5) is 0 Å². The van der Waals surface area contributed by atoms with Crippen molar-refractivity contribution in [2.45, 2.75) is 18.9 Å². The summed E-state index contributed by atoms with van der Waals surface area (Å²) in [6.07, 6.45) is 5.49. The van der Waals surface area contributed by atoms with E-state index >= 15 is 0 Å². The zero-order valence-corrected chi connectivity index (χ0v) is 13.3. The van der Waals surface area contributed by atoms with Gasteiger partial charge in [0.1, 0.15) is 0 Å². The summed E-state index contributed by atoms with van der Waals surface area (Å²) in [5.41, 5.74) is 1.16. The molecule has 1 aromatic heterocycles. The molecule has 0 aromatic carbocycles. The lowest BCUT2D eigenvalue weighted by molar-refractivity contribution is -0.121. The molecule has 1 fully saturated rings. The Morgan fingerprint density at radius 1 is 1.36 bits per heavy atom. The minimum atomic E-state index is -3.26. The fourth-order valence-electron chi connectivity index (χ4n) is 2.41. The maximum Gasteiger partial charge on any atom is 0.221 e. The molecule has 0 bridgehead atoms. The van der Waals surface area contributed by atoms with Gasteiger partial charge in [-0.05, 0) is 24.1 Å². The average Bonchev–Trinajstić information content (AvgIpc) is 2.85. The third-order valence-electron chi connectivity index (χ3n) is 3.51. The van der Waals surface area contributed by atoms with Gasteiger partial charge in [0.05, 0.1) is 25.5 Å². The van der Waals surface area contributed by atoms with Crippen LogP contribution in [0.25, 0.3) is 0 Å². The Kier molecular flexibility index (Phi) is 5.87. The highest BCUT2D eigenvalue weighted by Crippen LogP contribution is 2.19. The number of carbonyl (C=O) groups excluding carboxylic acids is 1. The molecule has 1 aliphatic heterocycles. The van der Waals surface area contributed by atoms with Gasteiger partial charge in [0.25, 0.3) is 0 Å². The zero-order chi connectivity index (χ0) is 16.0. The topological polar surface area (TPSA) is 97.4 Å². The van der Waals surface area contributed by atoms with Crippen LogP contribution in [0.3, 0.4) is 0 Å². The molecule has 2 atom stereocenters. The van der Waals surface area contributed by atoms with E-state index in [1.54, 1.807) is 12.4 Å². The van der Waals surface area contributed by atoms with Crippen LogP contribution in [0.5, 0.6) is 0 Å². The zero-order valence-electron chi connectivity index (χ0n) is 12.5. The number of ether oxygens (including phenoxy) is 1. The molecule has 0 spiro atoms. The summed E-state index contributed by atoms with van der Waals surface area (Å²) in [5, 5.41) is 2.92. The fourth-order valence-corrected chi connectivity index (χ4v) is 2.88. The van der Waals surface area contributed by atoms with Gasteiger partial charge in [0, 0.05) is 31.3 Å². The Morgan fingerprint density at radius 2 is 2.09 bits per heavy atom. The number of sulfonamides is 1. The first-order valence-electron chi connectivity index (χ1n) is 7.15. The van der Waals surface area contributed by atoms with Crippen LogP contribution < -0.4 is 10.0 Å². The molecule has 22 heavy (non-hydrogen) atoms. The number of pyridine rings is 1. The van der Waals surface area contributed by atoms with E-state index in [0.717, 1.165) is 18.2 Å². The Bertz CT molecular complexity index is 591. The number of aromatic nitrogens is 1. The van der Waals surface area contributed by atoms with E-state index in [0.29, 0.717) is 13.2 Å². The lowest BCUT2D eigenvalue weighted by Gasteiger charge is -2.19. The van der Waals surface area contributed by atoms with Gasteiger partial charge in [-0.2, -0.15) is 0 Å². The second kappa shape index (κ2) is 7.66. The van der Waals surface area contributed by atoms with Gasteiger partial charge in [-0.25, -0.2) is 13.1 Å². The number of amides is 1. The van der Waals surface area contributed by atoms with E-state index in [2.05, 4.69) is 15.0 Å². The molecule has 2 heterocycles. The summed E-state index contributed by atoms with van der Waals surface area (Å²) < 4.78 is 29.7. The largest absolute Gasteiger partial charge is 0.379 e. The molecule has 0 unspecified atom stereocenters. The molecule has 2 N–H and O–H groups in total. The fraction of sp³-hybridized carbons (Fsp3) is 0.571. The first kappa shape index (κ1) is 16.9. The van der Waals surface area contributed by atoms with Gasteiger partial charge in [0.2, 0.25) is 15.9 Å². The molecule has 122 valence electrons. The minimum absolute atomic E-state index is 0.0427. The summed E-state index contributed by atoms with van der Waals surface area (Å²) >= 11 is 0. The number of hydrogen-bond donors (Lipinski definition) is 2. The standard InChI is InChI=1S/C14H21N3O4S/c1-22(19,20)16-7-4-14(18)17-13-10-21-9-12(13)8-11-2-5-15-6-3-11/h2-3,5-6,12-13,16H,4,7-10H2,1H3,(H,17,18)/t12-,13-/m1/s1. The number of hydrogen-bond acceptors (Lipinski definition) is 5. The third kappa shape index (κ3) is 5.70. The minimum Gasteiger partial charge on any atom is -0.379 e. The van der Waals surface area contributed by atoms with Crippen LogP contribution >= 0.6 is 0 Å². The van der Waals surface area contributed by atoms with Gasteiger partial charge < -0.3 is 10.1 Å². The van der Waals surface area contributed by atoms with Crippen LogP contribution in [-0.2, 0) is 26.0 Å². The molecule has 8 heteroatoms. The highest BCUT2D eigenvalue weighted by Gasteiger charge is 2.29. The number of rotatable bonds is 7. The summed E-state index contributed by atoms with van der Waals surface area (Å²) in [5.74, 6) is 0.0422. The maximum absolute atomic E-state index is 11.9. The Labute approximate surface area is 130 Å².